The Bertz CT molecular complexity index is 601. The Labute approximate surface area is 190 Å². The monoisotopic (exact) mass is 480 g/mol. The van der Waals surface area contributed by atoms with Gasteiger partial charge >= 0.3 is 6.09 Å². The summed E-state index contributed by atoms with van der Waals surface area (Å²) < 4.78 is 12.3. The molecule has 0 unspecified atom stereocenters. The molecule has 0 aromatic heterocycles. The van der Waals surface area contributed by atoms with E-state index < -0.39 is 0 Å². The molecule has 5 nitrogen and oxygen atoms in total. The highest BCUT2D eigenvalue weighted by molar-refractivity contribution is 9.10. The third kappa shape index (κ3) is 11.1. The smallest absolute Gasteiger partial charge is 0.410 e. The van der Waals surface area contributed by atoms with E-state index in [1.807, 2.05) is 18.2 Å². The Kier molecular flexibility index (Phi) is 12.8. The Morgan fingerprint density at radius 1 is 1.07 bits per heavy atom. The fraction of sp³-hybridized carbons (Fsp3) is 0.625. The average Bonchev–Trinajstić information content (AvgIpc) is 2.76. The third-order valence-corrected chi connectivity index (χ3v) is 6.01. The van der Waals surface area contributed by atoms with E-state index in [9.17, 15) is 4.79 Å². The van der Waals surface area contributed by atoms with E-state index in [0.29, 0.717) is 24.3 Å². The molecule has 6 heteroatoms. The predicted octanol–water partition coefficient (Wildman–Crippen LogP) is 5.84. The lowest BCUT2D eigenvalue weighted by Crippen LogP contribution is -2.34. The molecule has 0 heterocycles. The molecule has 1 amide bonds. The van der Waals surface area contributed by atoms with Crippen LogP contribution in [0.15, 0.2) is 41.4 Å². The number of rotatable bonds is 14. The third-order valence-electron chi connectivity index (χ3n) is 5.48. The lowest BCUT2D eigenvalue weighted by Gasteiger charge is -2.28. The van der Waals surface area contributed by atoms with Crippen LogP contribution in [-0.4, -0.2) is 38.4 Å². The highest BCUT2D eigenvalue weighted by Crippen LogP contribution is 2.26. The van der Waals surface area contributed by atoms with Gasteiger partial charge in [0.2, 0.25) is 0 Å². The Morgan fingerprint density at radius 3 is 2.53 bits per heavy atom. The molecule has 1 aromatic rings. The Hall–Kier alpha value is -1.37. The minimum absolute atomic E-state index is 0.383. The minimum Gasteiger partial charge on any atom is -0.410 e. The number of carbonyl (C=O) groups is 1. The maximum Gasteiger partial charge on any atom is 0.412 e. The second-order valence-electron chi connectivity index (χ2n) is 7.98. The van der Waals surface area contributed by atoms with Gasteiger partial charge in [-0.3, -0.25) is 0 Å². The van der Waals surface area contributed by atoms with Gasteiger partial charge in [0, 0.05) is 17.6 Å². The summed E-state index contributed by atoms with van der Waals surface area (Å²) in [5.74, 6) is 1.06. The standard InChI is InChI=1S/C24H37BrN2O3/c1-2-3-16-26-17-6-4-5-7-18-29-22-12-8-20(9-13-22)19-27-24(28)30-23-14-10-21(25)11-15-23/h2,10-11,14-15,20,22,26H,1,3-9,12-13,16-19H2,(H,27,28). The van der Waals surface area contributed by atoms with Gasteiger partial charge in [-0.1, -0.05) is 34.8 Å². The van der Waals surface area contributed by atoms with Crippen LogP contribution in [0.2, 0.25) is 0 Å². The maximum absolute atomic E-state index is 11.9. The van der Waals surface area contributed by atoms with E-state index in [1.54, 1.807) is 12.1 Å². The molecular weight excluding hydrogens is 444 g/mol. The normalized spacial score (nSPS) is 18.7. The fourth-order valence-electron chi connectivity index (χ4n) is 3.66. The van der Waals surface area contributed by atoms with Gasteiger partial charge in [-0.25, -0.2) is 4.79 Å². The maximum atomic E-state index is 11.9. The summed E-state index contributed by atoms with van der Waals surface area (Å²) in [6.45, 7) is 7.41. The van der Waals surface area contributed by atoms with Crippen molar-refractivity contribution >= 4 is 22.0 Å². The second kappa shape index (κ2) is 15.4. The van der Waals surface area contributed by atoms with Gasteiger partial charge in [-0.2, -0.15) is 0 Å². The molecular formula is C24H37BrN2O3. The number of benzene rings is 1. The van der Waals surface area contributed by atoms with Gasteiger partial charge in [-0.05, 0) is 88.2 Å². The number of carbonyl (C=O) groups excluding carboxylic acids is 1. The molecule has 1 aliphatic rings. The van der Waals surface area contributed by atoms with Crippen molar-refractivity contribution in [3.63, 3.8) is 0 Å². The first-order valence-corrected chi connectivity index (χ1v) is 12.1. The zero-order valence-corrected chi connectivity index (χ0v) is 19.6. The molecule has 0 radical (unpaired) electrons. The van der Waals surface area contributed by atoms with Crippen LogP contribution in [0.4, 0.5) is 4.79 Å². The second-order valence-corrected chi connectivity index (χ2v) is 8.90. The van der Waals surface area contributed by atoms with Crippen LogP contribution in [0.1, 0.15) is 57.8 Å². The first kappa shape index (κ1) is 24.9. The van der Waals surface area contributed by atoms with Crippen molar-refractivity contribution in [2.24, 2.45) is 5.92 Å². The first-order chi connectivity index (χ1) is 14.7. The summed E-state index contributed by atoms with van der Waals surface area (Å²) in [4.78, 5) is 11.9. The quantitative estimate of drug-likeness (QED) is 0.259. The fourth-order valence-corrected chi connectivity index (χ4v) is 3.93. The molecule has 0 spiro atoms. The minimum atomic E-state index is -0.383. The summed E-state index contributed by atoms with van der Waals surface area (Å²) in [6, 6.07) is 7.25. The van der Waals surface area contributed by atoms with E-state index >= 15 is 0 Å². The van der Waals surface area contributed by atoms with Crippen LogP contribution < -0.4 is 15.4 Å². The molecule has 0 bridgehead atoms. The van der Waals surface area contributed by atoms with Crippen molar-refractivity contribution in [3.8, 4) is 5.75 Å². The topological polar surface area (TPSA) is 59.6 Å². The van der Waals surface area contributed by atoms with Gasteiger partial charge in [0.1, 0.15) is 5.75 Å². The van der Waals surface area contributed by atoms with Crippen molar-refractivity contribution in [3.05, 3.63) is 41.4 Å². The van der Waals surface area contributed by atoms with Crippen LogP contribution in [0, 0.1) is 5.92 Å². The van der Waals surface area contributed by atoms with E-state index in [4.69, 9.17) is 9.47 Å². The van der Waals surface area contributed by atoms with Crippen LogP contribution in [0.5, 0.6) is 5.75 Å². The lowest BCUT2D eigenvalue weighted by molar-refractivity contribution is 0.0163. The number of hydrogen-bond acceptors (Lipinski definition) is 4. The SMILES string of the molecule is C=CCCNCCCCCCOC1CCC(CNC(=O)Oc2ccc(Br)cc2)CC1. The summed E-state index contributed by atoms with van der Waals surface area (Å²) in [7, 11) is 0. The van der Waals surface area contributed by atoms with Crippen LogP contribution in [0.3, 0.4) is 0 Å². The number of unbranched alkanes of at least 4 members (excludes halogenated alkanes) is 3. The van der Waals surface area contributed by atoms with Crippen molar-refractivity contribution < 1.29 is 14.3 Å². The Balaban J connectivity index is 1.44. The van der Waals surface area contributed by atoms with E-state index in [2.05, 4.69) is 33.1 Å². The summed E-state index contributed by atoms with van der Waals surface area (Å²) >= 11 is 3.37. The largest absolute Gasteiger partial charge is 0.412 e. The molecule has 1 saturated carbocycles. The van der Waals surface area contributed by atoms with E-state index in [0.717, 1.165) is 62.7 Å². The average molecular weight is 481 g/mol. The number of hydrogen-bond donors (Lipinski definition) is 2. The molecule has 168 valence electrons. The van der Waals surface area contributed by atoms with Crippen LogP contribution >= 0.6 is 15.9 Å². The number of ether oxygens (including phenoxy) is 2. The summed E-state index contributed by atoms with van der Waals surface area (Å²) in [5.41, 5.74) is 0. The van der Waals surface area contributed by atoms with Gasteiger partial charge in [0.25, 0.3) is 0 Å². The number of nitrogens with one attached hydrogen (secondary N) is 2. The predicted molar refractivity (Wildman–Crippen MR) is 126 cm³/mol. The zero-order chi connectivity index (χ0) is 21.4. The molecule has 0 aliphatic heterocycles. The lowest BCUT2D eigenvalue weighted by atomic mass is 9.87. The van der Waals surface area contributed by atoms with Gasteiger partial charge in [-0.15, -0.1) is 6.58 Å². The highest BCUT2D eigenvalue weighted by Gasteiger charge is 2.22. The zero-order valence-electron chi connectivity index (χ0n) is 18.0. The van der Waals surface area contributed by atoms with Gasteiger partial charge in [0.05, 0.1) is 6.10 Å². The van der Waals surface area contributed by atoms with E-state index in [1.165, 1.54) is 19.3 Å². The Morgan fingerprint density at radius 2 is 1.80 bits per heavy atom. The number of halogens is 1. The van der Waals surface area contributed by atoms with Gasteiger partial charge < -0.3 is 20.1 Å². The molecule has 1 aliphatic carbocycles. The van der Waals surface area contributed by atoms with Crippen LogP contribution in [0.25, 0.3) is 0 Å². The molecule has 30 heavy (non-hydrogen) atoms. The van der Waals surface area contributed by atoms with Crippen molar-refractivity contribution in [1.82, 2.24) is 10.6 Å². The molecule has 1 fully saturated rings. The van der Waals surface area contributed by atoms with Crippen molar-refractivity contribution in [1.29, 1.82) is 0 Å². The highest BCUT2D eigenvalue weighted by atomic mass is 79.9. The van der Waals surface area contributed by atoms with Crippen molar-refractivity contribution in [2.75, 3.05) is 26.2 Å². The molecule has 0 saturated heterocycles. The van der Waals surface area contributed by atoms with Gasteiger partial charge in [0.15, 0.2) is 0 Å². The summed E-state index contributed by atoms with van der Waals surface area (Å²) in [6.07, 6.45) is 12.2. The molecule has 2 N–H and O–H groups in total. The molecule has 0 atom stereocenters. The number of amides is 1. The first-order valence-electron chi connectivity index (χ1n) is 11.3. The molecule has 1 aromatic carbocycles. The summed E-state index contributed by atoms with van der Waals surface area (Å²) in [5, 5.41) is 6.32. The molecule has 2 rings (SSSR count). The van der Waals surface area contributed by atoms with Crippen molar-refractivity contribution in [2.45, 2.75) is 63.9 Å². The van der Waals surface area contributed by atoms with Crippen LogP contribution in [-0.2, 0) is 4.74 Å². The van der Waals surface area contributed by atoms with E-state index in [-0.39, 0.29) is 6.09 Å².